The largest absolute Gasteiger partial charge is 0.416 e. The van der Waals surface area contributed by atoms with Crippen LogP contribution < -0.4 is 5.73 Å². The molecular weight excluding hydrogens is 320 g/mol. The molecule has 2 N–H and O–H groups in total. The van der Waals surface area contributed by atoms with Gasteiger partial charge in [-0.2, -0.15) is 26.3 Å². The maximum absolute atomic E-state index is 12.5. The molecule has 23 heavy (non-hydrogen) atoms. The van der Waals surface area contributed by atoms with Crippen LogP contribution in [0.25, 0.3) is 11.1 Å². The quantitative estimate of drug-likeness (QED) is 0.756. The van der Waals surface area contributed by atoms with Crippen LogP contribution in [-0.4, -0.2) is 6.18 Å². The highest BCUT2D eigenvalue weighted by molar-refractivity contribution is 5.64. The Morgan fingerprint density at radius 3 is 1.57 bits per heavy atom. The van der Waals surface area contributed by atoms with E-state index in [9.17, 15) is 26.3 Å². The van der Waals surface area contributed by atoms with Gasteiger partial charge in [-0.05, 0) is 28.8 Å². The number of alkyl halides is 6. The van der Waals surface area contributed by atoms with Crippen molar-refractivity contribution in [1.82, 2.24) is 0 Å². The van der Waals surface area contributed by atoms with Crippen molar-refractivity contribution in [2.45, 2.75) is 24.8 Å². The predicted octanol–water partition coefficient (Wildman–Crippen LogP) is 5.32. The minimum absolute atomic E-state index is 0.318. The maximum atomic E-state index is 12.5. The van der Waals surface area contributed by atoms with Crippen LogP contribution in [0.3, 0.4) is 0 Å². The summed E-state index contributed by atoms with van der Waals surface area (Å²) in [6.45, 7) is 0. The number of halogens is 6. The van der Waals surface area contributed by atoms with Gasteiger partial charge in [-0.15, -0.1) is 0 Å². The Bertz CT molecular complexity index is 640. The molecule has 0 saturated carbocycles. The number of hydrogen-bond donors (Lipinski definition) is 1. The third-order valence-corrected chi connectivity index (χ3v) is 3.34. The zero-order chi connectivity index (χ0) is 17.3. The third-order valence-electron chi connectivity index (χ3n) is 3.34. The summed E-state index contributed by atoms with van der Waals surface area (Å²) < 4.78 is 74.4. The minimum Gasteiger partial charge on any atom is -0.324 e. The van der Waals surface area contributed by atoms with E-state index in [1.54, 1.807) is 0 Å². The van der Waals surface area contributed by atoms with Gasteiger partial charge in [0.2, 0.25) is 0 Å². The molecule has 0 aliphatic carbocycles. The fourth-order valence-electron chi connectivity index (χ4n) is 2.14. The van der Waals surface area contributed by atoms with Crippen LogP contribution in [0, 0.1) is 0 Å². The van der Waals surface area contributed by atoms with Crippen molar-refractivity contribution in [2.24, 2.45) is 5.73 Å². The molecule has 2 aromatic carbocycles. The summed E-state index contributed by atoms with van der Waals surface area (Å²) in [7, 11) is 0. The monoisotopic (exact) mass is 333 g/mol. The van der Waals surface area contributed by atoms with Crippen molar-refractivity contribution in [3.63, 3.8) is 0 Å². The lowest BCUT2D eigenvalue weighted by Crippen LogP contribution is -2.20. The van der Waals surface area contributed by atoms with Crippen LogP contribution in [0.1, 0.15) is 23.6 Å². The van der Waals surface area contributed by atoms with E-state index in [0.717, 1.165) is 12.1 Å². The van der Waals surface area contributed by atoms with Gasteiger partial charge in [-0.25, -0.2) is 0 Å². The van der Waals surface area contributed by atoms with Crippen LogP contribution in [0.2, 0.25) is 0 Å². The van der Waals surface area contributed by atoms with Gasteiger partial charge in [-0.1, -0.05) is 36.4 Å². The summed E-state index contributed by atoms with van der Waals surface area (Å²) in [4.78, 5) is 0. The van der Waals surface area contributed by atoms with Crippen molar-refractivity contribution in [2.75, 3.05) is 0 Å². The topological polar surface area (TPSA) is 26.0 Å². The lowest BCUT2D eigenvalue weighted by molar-refractivity contribution is -0.139. The Labute approximate surface area is 128 Å². The lowest BCUT2D eigenvalue weighted by atomic mass is 9.99. The zero-order valence-electron chi connectivity index (χ0n) is 11.7. The summed E-state index contributed by atoms with van der Waals surface area (Å²) in [5.74, 6) is 0. The van der Waals surface area contributed by atoms with Crippen molar-refractivity contribution < 1.29 is 26.3 Å². The van der Waals surface area contributed by atoms with E-state index in [-0.39, 0.29) is 0 Å². The zero-order valence-corrected chi connectivity index (χ0v) is 11.7. The van der Waals surface area contributed by atoms with E-state index in [1.165, 1.54) is 36.4 Å². The number of nitrogens with two attached hydrogens (primary N) is 1. The lowest BCUT2D eigenvalue weighted by Gasteiger charge is -2.15. The predicted molar refractivity (Wildman–Crippen MR) is 74.5 cm³/mol. The number of rotatable bonds is 3. The minimum atomic E-state index is -4.41. The van der Waals surface area contributed by atoms with Crippen LogP contribution >= 0.6 is 0 Å². The molecule has 0 spiro atoms. The Balaban J connectivity index is 2.16. The molecule has 0 bridgehead atoms. The highest BCUT2D eigenvalue weighted by atomic mass is 19.4. The first-order valence-electron chi connectivity index (χ1n) is 6.66. The van der Waals surface area contributed by atoms with Gasteiger partial charge in [0, 0.05) is 6.04 Å². The summed E-state index contributed by atoms with van der Waals surface area (Å²) in [5, 5.41) is 0. The molecule has 2 aromatic rings. The second-order valence-electron chi connectivity index (χ2n) is 5.12. The van der Waals surface area contributed by atoms with Crippen molar-refractivity contribution in [3.05, 3.63) is 59.7 Å². The molecule has 1 atom stereocenters. The van der Waals surface area contributed by atoms with Gasteiger partial charge in [0.15, 0.2) is 0 Å². The Kier molecular flexibility index (Phi) is 4.70. The second-order valence-corrected chi connectivity index (χ2v) is 5.12. The van der Waals surface area contributed by atoms with E-state index in [2.05, 4.69) is 0 Å². The summed E-state index contributed by atoms with van der Waals surface area (Å²) >= 11 is 0. The fourth-order valence-corrected chi connectivity index (χ4v) is 2.14. The number of hydrogen-bond acceptors (Lipinski definition) is 1. The molecule has 7 heteroatoms. The van der Waals surface area contributed by atoms with Crippen LogP contribution in [0.4, 0.5) is 26.3 Å². The van der Waals surface area contributed by atoms with Gasteiger partial charge >= 0.3 is 12.4 Å². The maximum Gasteiger partial charge on any atom is 0.416 e. The average Bonchev–Trinajstić information content (AvgIpc) is 2.45. The highest BCUT2D eigenvalue weighted by Gasteiger charge is 2.31. The molecule has 0 heterocycles. The molecule has 0 amide bonds. The van der Waals surface area contributed by atoms with Crippen LogP contribution in [-0.2, 0) is 6.18 Å². The van der Waals surface area contributed by atoms with Crippen molar-refractivity contribution in [1.29, 1.82) is 0 Å². The molecule has 124 valence electrons. The van der Waals surface area contributed by atoms with E-state index in [0.29, 0.717) is 16.7 Å². The Morgan fingerprint density at radius 2 is 1.17 bits per heavy atom. The van der Waals surface area contributed by atoms with E-state index in [4.69, 9.17) is 5.73 Å². The smallest absolute Gasteiger partial charge is 0.324 e. The molecule has 0 aliphatic rings. The van der Waals surface area contributed by atoms with Gasteiger partial charge in [0.1, 0.15) is 0 Å². The number of benzene rings is 2. The first-order chi connectivity index (χ1) is 10.6. The first-order valence-corrected chi connectivity index (χ1v) is 6.66. The molecule has 1 nitrogen and oxygen atoms in total. The normalized spacial score (nSPS) is 13.9. The molecular formula is C16H13F6N. The van der Waals surface area contributed by atoms with Crippen LogP contribution in [0.15, 0.2) is 48.5 Å². The Morgan fingerprint density at radius 1 is 0.739 bits per heavy atom. The van der Waals surface area contributed by atoms with Crippen LogP contribution in [0.5, 0.6) is 0 Å². The molecule has 0 radical (unpaired) electrons. The second kappa shape index (κ2) is 6.23. The van der Waals surface area contributed by atoms with Gasteiger partial charge in [0.05, 0.1) is 12.0 Å². The summed E-state index contributed by atoms with van der Waals surface area (Å²) in [6.07, 6.45) is -9.90. The molecule has 0 saturated heterocycles. The van der Waals surface area contributed by atoms with E-state index in [1.807, 2.05) is 0 Å². The van der Waals surface area contributed by atoms with Gasteiger partial charge in [-0.3, -0.25) is 0 Å². The summed E-state index contributed by atoms with van der Waals surface area (Å²) in [6, 6.07) is 9.34. The molecule has 0 aliphatic heterocycles. The fraction of sp³-hybridized carbons (Fsp3) is 0.250. The molecule has 0 aromatic heterocycles. The highest BCUT2D eigenvalue weighted by Crippen LogP contribution is 2.32. The van der Waals surface area contributed by atoms with Crippen molar-refractivity contribution >= 4 is 0 Å². The molecule has 2 rings (SSSR count). The SMILES string of the molecule is N[C@H](CC(F)(F)F)c1ccc(-c2ccc(C(F)(F)F)cc2)cc1. The first kappa shape index (κ1) is 17.3. The summed E-state index contributed by atoms with van der Waals surface area (Å²) in [5.41, 5.74) is 6.19. The molecule has 0 fully saturated rings. The Hall–Kier alpha value is -2.02. The molecule has 0 unspecified atom stereocenters. The van der Waals surface area contributed by atoms with Crippen molar-refractivity contribution in [3.8, 4) is 11.1 Å². The van der Waals surface area contributed by atoms with E-state index >= 15 is 0 Å². The van der Waals surface area contributed by atoms with Gasteiger partial charge in [0.25, 0.3) is 0 Å². The average molecular weight is 333 g/mol. The van der Waals surface area contributed by atoms with Gasteiger partial charge < -0.3 is 5.73 Å². The third kappa shape index (κ3) is 4.72. The van der Waals surface area contributed by atoms with E-state index < -0.39 is 30.4 Å². The standard InChI is InChI=1S/C16H13F6N/c17-15(18,19)9-14(23)12-3-1-10(2-4-12)11-5-7-13(8-6-11)16(20,21)22/h1-8,14H,9,23H2/t14-/m1/s1.